The molecule has 1 heterocycles. The van der Waals surface area contributed by atoms with Crippen molar-refractivity contribution in [3.63, 3.8) is 0 Å². The van der Waals surface area contributed by atoms with Crippen molar-refractivity contribution in [2.75, 3.05) is 24.6 Å². The summed E-state index contributed by atoms with van der Waals surface area (Å²) in [5, 5.41) is 3.52. The minimum absolute atomic E-state index is 0.302. The highest BCUT2D eigenvalue weighted by atomic mass is 32.2. The zero-order valence-electron chi connectivity index (χ0n) is 11.7. The lowest BCUT2D eigenvalue weighted by Crippen LogP contribution is -2.39. The van der Waals surface area contributed by atoms with Gasteiger partial charge in [0, 0.05) is 32.2 Å². The molecule has 0 unspecified atom stereocenters. The van der Waals surface area contributed by atoms with Crippen LogP contribution in [-0.4, -0.2) is 44.0 Å². The third-order valence-corrected chi connectivity index (χ3v) is 5.62. The summed E-state index contributed by atoms with van der Waals surface area (Å²) in [6, 6.07) is 9.34. The number of sulfone groups is 1. The van der Waals surface area contributed by atoms with Crippen LogP contribution in [-0.2, 0) is 22.9 Å². The van der Waals surface area contributed by atoms with Gasteiger partial charge in [-0.2, -0.15) is 0 Å². The van der Waals surface area contributed by atoms with Crippen LogP contribution in [0.1, 0.15) is 24.0 Å². The molecule has 1 aromatic carbocycles. The number of benzene rings is 1. The average molecular weight is 294 g/mol. The van der Waals surface area contributed by atoms with Crippen molar-refractivity contribution in [1.82, 2.24) is 10.2 Å². The zero-order valence-corrected chi connectivity index (χ0v) is 12.5. The Morgan fingerprint density at radius 2 is 1.85 bits per heavy atom. The summed E-state index contributed by atoms with van der Waals surface area (Å²) in [5.74, 6) is 0.603. The maximum Gasteiger partial charge on any atom is 0.152 e. The second kappa shape index (κ2) is 5.84. The van der Waals surface area contributed by atoms with Crippen LogP contribution < -0.4 is 5.32 Å². The monoisotopic (exact) mass is 294 g/mol. The first kappa shape index (κ1) is 14.0. The van der Waals surface area contributed by atoms with E-state index in [1.807, 2.05) is 0 Å². The highest BCUT2D eigenvalue weighted by Crippen LogP contribution is 2.19. The molecule has 0 spiro atoms. The maximum absolute atomic E-state index is 11.4. The van der Waals surface area contributed by atoms with Crippen LogP contribution in [0.25, 0.3) is 0 Å². The molecular weight excluding hydrogens is 272 g/mol. The van der Waals surface area contributed by atoms with Crippen molar-refractivity contribution in [3.8, 4) is 0 Å². The molecule has 0 amide bonds. The molecule has 0 bridgehead atoms. The molecule has 3 rings (SSSR count). The molecule has 1 N–H and O–H groups in total. The fourth-order valence-corrected chi connectivity index (χ4v) is 3.83. The van der Waals surface area contributed by atoms with E-state index in [1.165, 1.54) is 24.0 Å². The Hall–Kier alpha value is -0.910. The molecule has 1 aliphatic carbocycles. The number of nitrogens with one attached hydrogen (secondary N) is 1. The minimum Gasteiger partial charge on any atom is -0.310 e. The van der Waals surface area contributed by atoms with Gasteiger partial charge >= 0.3 is 0 Å². The van der Waals surface area contributed by atoms with E-state index in [1.54, 1.807) is 0 Å². The molecule has 20 heavy (non-hydrogen) atoms. The van der Waals surface area contributed by atoms with Crippen LogP contribution >= 0.6 is 0 Å². The Bertz CT molecular complexity index is 553. The standard InChI is InChI=1S/C15H22N2O2S/c18-20(19)8-6-17(7-9-20)12-14-3-1-2-13(10-14)11-16-15-4-5-15/h1-3,10,15-16H,4-9,11-12H2. The van der Waals surface area contributed by atoms with Crippen molar-refractivity contribution in [2.24, 2.45) is 0 Å². The molecule has 2 fully saturated rings. The van der Waals surface area contributed by atoms with Crippen molar-refractivity contribution in [2.45, 2.75) is 32.0 Å². The first-order valence-electron chi connectivity index (χ1n) is 7.35. The lowest BCUT2D eigenvalue weighted by atomic mass is 10.1. The summed E-state index contributed by atoms with van der Waals surface area (Å²) < 4.78 is 22.8. The number of hydrogen-bond acceptors (Lipinski definition) is 4. The molecule has 1 aliphatic heterocycles. The minimum atomic E-state index is -2.78. The van der Waals surface area contributed by atoms with Gasteiger partial charge in [0.05, 0.1) is 11.5 Å². The summed E-state index contributed by atoms with van der Waals surface area (Å²) >= 11 is 0. The van der Waals surface area contributed by atoms with Gasteiger partial charge in [0.1, 0.15) is 0 Å². The molecular formula is C15H22N2O2S. The van der Waals surface area contributed by atoms with Crippen molar-refractivity contribution in [3.05, 3.63) is 35.4 Å². The number of rotatable bonds is 5. The van der Waals surface area contributed by atoms with E-state index >= 15 is 0 Å². The van der Waals surface area contributed by atoms with Gasteiger partial charge in [-0.15, -0.1) is 0 Å². The third-order valence-electron chi connectivity index (χ3n) is 4.01. The normalized spacial score (nSPS) is 22.8. The molecule has 0 radical (unpaired) electrons. The van der Waals surface area contributed by atoms with E-state index in [0.717, 1.165) is 19.1 Å². The Labute approximate surface area is 121 Å². The lowest BCUT2D eigenvalue weighted by molar-refractivity contribution is 0.287. The summed E-state index contributed by atoms with van der Waals surface area (Å²) in [7, 11) is -2.78. The fraction of sp³-hybridized carbons (Fsp3) is 0.600. The summed E-state index contributed by atoms with van der Waals surface area (Å²) in [6.07, 6.45) is 2.61. The van der Waals surface area contributed by atoms with Gasteiger partial charge in [-0.1, -0.05) is 24.3 Å². The Morgan fingerprint density at radius 1 is 1.15 bits per heavy atom. The van der Waals surface area contributed by atoms with Crippen LogP contribution in [0.2, 0.25) is 0 Å². The molecule has 0 aromatic heterocycles. The van der Waals surface area contributed by atoms with E-state index in [-0.39, 0.29) is 0 Å². The molecule has 1 aromatic rings. The second-order valence-corrected chi connectivity index (χ2v) is 8.21. The van der Waals surface area contributed by atoms with Gasteiger partial charge in [-0.25, -0.2) is 8.42 Å². The van der Waals surface area contributed by atoms with E-state index < -0.39 is 9.84 Å². The van der Waals surface area contributed by atoms with Crippen molar-refractivity contribution in [1.29, 1.82) is 0 Å². The van der Waals surface area contributed by atoms with Gasteiger partial charge in [-0.05, 0) is 24.0 Å². The first-order chi connectivity index (χ1) is 9.61. The quantitative estimate of drug-likeness (QED) is 0.885. The van der Waals surface area contributed by atoms with Crippen molar-refractivity contribution >= 4 is 9.84 Å². The van der Waals surface area contributed by atoms with Gasteiger partial charge < -0.3 is 5.32 Å². The Kier molecular flexibility index (Phi) is 4.10. The maximum atomic E-state index is 11.4. The van der Waals surface area contributed by atoms with Crippen LogP contribution in [0.5, 0.6) is 0 Å². The Morgan fingerprint density at radius 3 is 2.55 bits per heavy atom. The summed E-state index contributed by atoms with van der Waals surface area (Å²) in [5.41, 5.74) is 2.60. The molecule has 1 saturated heterocycles. The topological polar surface area (TPSA) is 49.4 Å². The summed E-state index contributed by atoms with van der Waals surface area (Å²) in [6.45, 7) is 3.11. The lowest BCUT2D eigenvalue weighted by Gasteiger charge is -2.26. The Balaban J connectivity index is 1.55. The SMILES string of the molecule is O=S1(=O)CCN(Cc2cccc(CNC3CC3)c2)CC1. The van der Waals surface area contributed by atoms with Gasteiger partial charge in [-0.3, -0.25) is 4.90 Å². The second-order valence-electron chi connectivity index (χ2n) is 5.90. The first-order valence-corrected chi connectivity index (χ1v) is 9.17. The smallest absolute Gasteiger partial charge is 0.152 e. The van der Waals surface area contributed by atoms with E-state index in [9.17, 15) is 8.42 Å². The fourth-order valence-electron chi connectivity index (χ4n) is 2.55. The van der Waals surface area contributed by atoms with E-state index in [0.29, 0.717) is 24.6 Å². The summed E-state index contributed by atoms with van der Waals surface area (Å²) in [4.78, 5) is 2.23. The molecule has 110 valence electrons. The van der Waals surface area contributed by atoms with Gasteiger partial charge in [0.25, 0.3) is 0 Å². The predicted octanol–water partition coefficient (Wildman–Crippen LogP) is 1.17. The van der Waals surface area contributed by atoms with Gasteiger partial charge in [0.15, 0.2) is 9.84 Å². The van der Waals surface area contributed by atoms with Crippen LogP contribution in [0, 0.1) is 0 Å². The number of nitrogens with zero attached hydrogens (tertiary/aromatic N) is 1. The van der Waals surface area contributed by atoms with Crippen LogP contribution in [0.4, 0.5) is 0 Å². The van der Waals surface area contributed by atoms with E-state index in [2.05, 4.69) is 34.5 Å². The highest BCUT2D eigenvalue weighted by molar-refractivity contribution is 7.91. The molecule has 1 saturated carbocycles. The third kappa shape index (κ3) is 4.04. The number of hydrogen-bond donors (Lipinski definition) is 1. The average Bonchev–Trinajstić information content (AvgIpc) is 3.24. The van der Waals surface area contributed by atoms with Crippen LogP contribution in [0.3, 0.4) is 0 Å². The predicted molar refractivity (Wildman–Crippen MR) is 80.2 cm³/mol. The molecule has 4 nitrogen and oxygen atoms in total. The highest BCUT2D eigenvalue weighted by Gasteiger charge is 2.22. The largest absolute Gasteiger partial charge is 0.310 e. The van der Waals surface area contributed by atoms with E-state index in [4.69, 9.17) is 0 Å². The molecule has 0 atom stereocenters. The van der Waals surface area contributed by atoms with Gasteiger partial charge in [0.2, 0.25) is 0 Å². The van der Waals surface area contributed by atoms with Crippen LogP contribution in [0.15, 0.2) is 24.3 Å². The van der Waals surface area contributed by atoms with Crippen molar-refractivity contribution < 1.29 is 8.42 Å². The molecule has 5 heteroatoms. The molecule has 2 aliphatic rings. The zero-order chi connectivity index (χ0) is 14.0.